The largest absolute Gasteiger partial charge is 0.501 e. The van der Waals surface area contributed by atoms with Crippen LogP contribution in [0.2, 0.25) is 0 Å². The van der Waals surface area contributed by atoms with Crippen LogP contribution in [0.4, 0.5) is 5.69 Å². The molecule has 3 rings (SSSR count). The van der Waals surface area contributed by atoms with Crippen LogP contribution < -0.4 is 4.72 Å². The number of benzene rings is 2. The second-order valence-corrected chi connectivity index (χ2v) is 11.8. The second-order valence-electron chi connectivity index (χ2n) is 9.32. The average Bonchev–Trinajstić information content (AvgIpc) is 2.66. The monoisotopic (exact) mass is 491 g/mol. The number of rotatable bonds is 6. The quantitative estimate of drug-likeness (QED) is 0.482. The van der Waals surface area contributed by atoms with Gasteiger partial charge >= 0.3 is 0 Å². The number of sulfonamides is 1. The van der Waals surface area contributed by atoms with Gasteiger partial charge < -0.3 is 4.74 Å². The smallest absolute Gasteiger partial charge is 0.263 e. The summed E-state index contributed by atoms with van der Waals surface area (Å²) in [7, 11) is -2.16. The van der Waals surface area contributed by atoms with Gasteiger partial charge in [0.2, 0.25) is 0 Å². The molecule has 1 N–H and O–H groups in total. The molecule has 30 heavy (non-hydrogen) atoms. The molecule has 0 saturated heterocycles. The molecule has 4 nitrogen and oxygen atoms in total. The standard InChI is InChI=1S/C24H30BrNO3S/c1-16(29-6)13-17-7-9-18(10-8-17)26-30(27,28)22-15-20-19(14-21(22)25)23(2,3)11-12-24(20,4)5/h7-10,14-15,26H,1,11-13H2,2-6H3. The van der Waals surface area contributed by atoms with Gasteiger partial charge in [0.1, 0.15) is 4.90 Å². The topological polar surface area (TPSA) is 55.4 Å². The van der Waals surface area contributed by atoms with Gasteiger partial charge in [-0.2, -0.15) is 0 Å². The van der Waals surface area contributed by atoms with Gasteiger partial charge in [-0.3, -0.25) is 4.72 Å². The zero-order valence-corrected chi connectivity index (χ0v) is 20.7. The van der Waals surface area contributed by atoms with Crippen LogP contribution in [0.25, 0.3) is 0 Å². The Morgan fingerprint density at radius 2 is 1.60 bits per heavy atom. The fraction of sp³-hybridized carbons (Fsp3) is 0.417. The Kier molecular flexibility index (Phi) is 6.14. The third-order valence-electron chi connectivity index (χ3n) is 6.09. The highest BCUT2D eigenvalue weighted by atomic mass is 79.9. The number of nitrogens with one attached hydrogen (secondary N) is 1. The lowest BCUT2D eigenvalue weighted by Gasteiger charge is -2.42. The number of fused-ring (bicyclic) bond motifs is 1. The molecule has 6 heteroatoms. The Balaban J connectivity index is 1.94. The lowest BCUT2D eigenvalue weighted by atomic mass is 9.63. The summed E-state index contributed by atoms with van der Waals surface area (Å²) in [5.74, 6) is 0.659. The van der Waals surface area contributed by atoms with Crippen LogP contribution >= 0.6 is 15.9 Å². The summed E-state index contributed by atoms with van der Waals surface area (Å²) in [5, 5.41) is 0. The molecular formula is C24H30BrNO3S. The van der Waals surface area contributed by atoms with E-state index >= 15 is 0 Å². The Labute approximate surface area is 188 Å². The number of anilines is 1. The van der Waals surface area contributed by atoms with Gasteiger partial charge in [-0.1, -0.05) is 46.4 Å². The second kappa shape index (κ2) is 8.04. The molecule has 0 aliphatic heterocycles. The van der Waals surface area contributed by atoms with Crippen molar-refractivity contribution < 1.29 is 13.2 Å². The van der Waals surface area contributed by atoms with Crippen LogP contribution in [0.5, 0.6) is 0 Å². The van der Waals surface area contributed by atoms with Gasteiger partial charge in [-0.05, 0) is 80.6 Å². The maximum Gasteiger partial charge on any atom is 0.263 e. The maximum absolute atomic E-state index is 13.2. The Morgan fingerprint density at radius 3 is 2.13 bits per heavy atom. The summed E-state index contributed by atoms with van der Waals surface area (Å²) in [6.45, 7) is 12.6. The average molecular weight is 492 g/mol. The first kappa shape index (κ1) is 22.9. The SMILES string of the molecule is C=C(Cc1ccc(NS(=O)(=O)c2cc3c(cc2Br)C(C)(C)CCC3(C)C)cc1)OC. The fourth-order valence-electron chi connectivity index (χ4n) is 3.97. The normalized spacial score (nSPS) is 17.1. The Morgan fingerprint density at radius 1 is 1.07 bits per heavy atom. The molecule has 162 valence electrons. The van der Waals surface area contributed by atoms with E-state index in [2.05, 4.69) is 54.9 Å². The first-order valence-corrected chi connectivity index (χ1v) is 12.3. The highest BCUT2D eigenvalue weighted by Crippen LogP contribution is 2.47. The van der Waals surface area contributed by atoms with E-state index in [1.807, 2.05) is 24.3 Å². The number of hydrogen-bond donors (Lipinski definition) is 1. The van der Waals surface area contributed by atoms with Crippen molar-refractivity contribution in [1.29, 1.82) is 0 Å². The van der Waals surface area contributed by atoms with E-state index in [1.165, 1.54) is 5.56 Å². The van der Waals surface area contributed by atoms with Gasteiger partial charge in [0.05, 0.1) is 12.9 Å². The first-order chi connectivity index (χ1) is 13.9. The van der Waals surface area contributed by atoms with Crippen molar-refractivity contribution in [2.45, 2.75) is 62.7 Å². The minimum atomic E-state index is -3.74. The van der Waals surface area contributed by atoms with E-state index in [4.69, 9.17) is 4.74 Å². The molecule has 0 aromatic heterocycles. The third kappa shape index (κ3) is 4.59. The number of halogens is 1. The molecule has 0 spiro atoms. The van der Waals surface area contributed by atoms with E-state index in [0.29, 0.717) is 22.3 Å². The van der Waals surface area contributed by atoms with E-state index in [-0.39, 0.29) is 15.7 Å². The van der Waals surface area contributed by atoms with Crippen molar-refractivity contribution in [2.75, 3.05) is 11.8 Å². The van der Waals surface area contributed by atoms with E-state index < -0.39 is 10.0 Å². The van der Waals surface area contributed by atoms with Gasteiger partial charge in [0.15, 0.2) is 0 Å². The molecule has 2 aromatic carbocycles. The summed E-state index contributed by atoms with van der Waals surface area (Å²) in [4.78, 5) is 0.267. The molecule has 2 aromatic rings. The molecule has 0 heterocycles. The zero-order valence-electron chi connectivity index (χ0n) is 18.3. The molecule has 0 saturated carbocycles. The van der Waals surface area contributed by atoms with Gasteiger partial charge in [-0.15, -0.1) is 0 Å². The number of allylic oxidation sites excluding steroid dienone is 1. The van der Waals surface area contributed by atoms with Crippen LogP contribution in [0.1, 0.15) is 57.2 Å². The summed E-state index contributed by atoms with van der Waals surface area (Å²) in [6.07, 6.45) is 2.69. The predicted molar refractivity (Wildman–Crippen MR) is 127 cm³/mol. The highest BCUT2D eigenvalue weighted by molar-refractivity contribution is 9.10. The molecule has 1 aliphatic rings. The molecule has 0 radical (unpaired) electrons. The zero-order chi connectivity index (χ0) is 22.3. The lowest BCUT2D eigenvalue weighted by molar-refractivity contribution is 0.285. The predicted octanol–water partition coefficient (Wildman–Crippen LogP) is 6.30. The minimum Gasteiger partial charge on any atom is -0.501 e. The molecular weight excluding hydrogens is 462 g/mol. The Hall–Kier alpha value is -1.79. The summed E-state index contributed by atoms with van der Waals surface area (Å²) >= 11 is 3.52. The van der Waals surface area contributed by atoms with E-state index in [9.17, 15) is 8.42 Å². The highest BCUT2D eigenvalue weighted by Gasteiger charge is 2.38. The van der Waals surface area contributed by atoms with Crippen molar-refractivity contribution in [3.05, 3.63) is 69.9 Å². The first-order valence-electron chi connectivity index (χ1n) is 10.0. The Bertz CT molecular complexity index is 1070. The summed E-state index contributed by atoms with van der Waals surface area (Å²) < 4.78 is 34.8. The molecule has 0 unspecified atom stereocenters. The van der Waals surface area contributed by atoms with Gasteiger partial charge in [-0.25, -0.2) is 8.42 Å². The third-order valence-corrected chi connectivity index (χ3v) is 8.43. The van der Waals surface area contributed by atoms with Gasteiger partial charge in [0.25, 0.3) is 10.0 Å². The molecule has 0 fully saturated rings. The number of hydrogen-bond acceptors (Lipinski definition) is 3. The van der Waals surface area contributed by atoms with Crippen molar-refractivity contribution >= 4 is 31.6 Å². The van der Waals surface area contributed by atoms with E-state index in [0.717, 1.165) is 24.0 Å². The van der Waals surface area contributed by atoms with Crippen molar-refractivity contribution in [1.82, 2.24) is 0 Å². The van der Waals surface area contributed by atoms with Crippen LogP contribution in [-0.4, -0.2) is 15.5 Å². The fourth-order valence-corrected chi connectivity index (χ4v) is 6.10. The lowest BCUT2D eigenvalue weighted by Crippen LogP contribution is -2.34. The van der Waals surface area contributed by atoms with Crippen LogP contribution in [0.15, 0.2) is 58.1 Å². The summed E-state index contributed by atoms with van der Waals surface area (Å²) in [5.41, 5.74) is 3.80. The molecule has 0 bridgehead atoms. The maximum atomic E-state index is 13.2. The molecule has 1 aliphatic carbocycles. The molecule has 0 atom stereocenters. The van der Waals surface area contributed by atoms with Gasteiger partial charge in [0, 0.05) is 16.6 Å². The van der Waals surface area contributed by atoms with Crippen LogP contribution in [0.3, 0.4) is 0 Å². The molecule has 0 amide bonds. The summed E-state index contributed by atoms with van der Waals surface area (Å²) in [6, 6.07) is 11.1. The van der Waals surface area contributed by atoms with Crippen LogP contribution in [0, 0.1) is 0 Å². The van der Waals surface area contributed by atoms with Crippen LogP contribution in [-0.2, 0) is 32.0 Å². The number of ether oxygens (including phenoxy) is 1. The minimum absolute atomic E-state index is 0.0190. The van der Waals surface area contributed by atoms with Crippen molar-refractivity contribution in [2.24, 2.45) is 0 Å². The van der Waals surface area contributed by atoms with E-state index in [1.54, 1.807) is 19.2 Å². The number of methoxy groups -OCH3 is 1. The van der Waals surface area contributed by atoms with Crippen molar-refractivity contribution in [3.63, 3.8) is 0 Å². The van der Waals surface area contributed by atoms with Crippen molar-refractivity contribution in [3.8, 4) is 0 Å².